The average molecular weight is 782 g/mol. The summed E-state index contributed by atoms with van der Waals surface area (Å²) in [5.74, 6) is 0.873. The van der Waals surface area contributed by atoms with Gasteiger partial charge in [0, 0.05) is 28.8 Å². The Hall–Kier alpha value is -7.82. The van der Waals surface area contributed by atoms with E-state index in [1.807, 2.05) is 0 Å². The molecule has 5 heterocycles. The van der Waals surface area contributed by atoms with Crippen molar-refractivity contribution in [2.75, 3.05) is 0 Å². The number of nitrogens with zero attached hydrogens (tertiary/aromatic N) is 3. The fourth-order valence-corrected chi connectivity index (χ4v) is 10.4. The smallest absolute Gasteiger partial charge is 0.392 e. The van der Waals surface area contributed by atoms with Gasteiger partial charge in [-0.05, 0) is 107 Å². The molecular formula is C57H39N3O+2. The molecule has 4 heteroatoms. The third kappa shape index (κ3) is 4.70. The number of imidazole rings is 1. The second-order valence-electron chi connectivity index (χ2n) is 16.6. The molecular weight excluding hydrogens is 743 g/mol. The maximum atomic E-state index is 7.70. The highest BCUT2D eigenvalue weighted by Gasteiger charge is 2.68. The van der Waals surface area contributed by atoms with E-state index in [1.54, 1.807) is 0 Å². The van der Waals surface area contributed by atoms with Crippen molar-refractivity contribution in [3.63, 3.8) is 0 Å². The minimum absolute atomic E-state index is 0.846. The first-order valence-corrected chi connectivity index (χ1v) is 21.1. The van der Waals surface area contributed by atoms with Gasteiger partial charge >= 0.3 is 11.7 Å². The van der Waals surface area contributed by atoms with Crippen molar-refractivity contribution in [1.82, 2.24) is 4.57 Å². The highest BCUT2D eigenvalue weighted by atomic mass is 16.5. The van der Waals surface area contributed by atoms with E-state index < -0.39 is 5.85 Å². The number of hydrogen-bond acceptors (Lipinski definition) is 1. The number of aryl methyl sites for hydroxylation is 2. The molecule has 286 valence electrons. The van der Waals surface area contributed by atoms with Crippen LogP contribution in [0, 0.1) is 13.8 Å². The minimum Gasteiger partial charge on any atom is -0.392 e. The Kier molecular flexibility index (Phi) is 7.04. The first-order chi connectivity index (χ1) is 30.1. The topological polar surface area (TPSA) is 21.9 Å². The summed E-state index contributed by atoms with van der Waals surface area (Å²) >= 11 is 0. The van der Waals surface area contributed by atoms with E-state index in [2.05, 4.69) is 228 Å². The van der Waals surface area contributed by atoms with Crippen LogP contribution in [0.1, 0.15) is 16.7 Å². The SMILES string of the molecule is Cc1ccc(-c2cc[n+]3c(c2)-c2cc(-c4ccccc4)cc4c2C32Oc3ccccc3-c3n(-c5cc(-c6ccccc6)c(C)cc5-c5ccccc5)c5cccc-4c5[n+]32)cc1. The zero-order chi connectivity index (χ0) is 40.4. The number of aromatic nitrogens is 3. The lowest BCUT2D eigenvalue weighted by Gasteiger charge is -2.32. The molecule has 0 aliphatic carbocycles. The van der Waals surface area contributed by atoms with Crippen LogP contribution in [-0.4, -0.2) is 4.57 Å². The Balaban J connectivity index is 1.20. The molecule has 2 aromatic heterocycles. The molecule has 8 aromatic carbocycles. The van der Waals surface area contributed by atoms with Gasteiger partial charge in [-0.25, -0.2) is 0 Å². The van der Waals surface area contributed by atoms with E-state index in [4.69, 9.17) is 4.74 Å². The van der Waals surface area contributed by atoms with Gasteiger partial charge in [-0.3, -0.25) is 0 Å². The molecule has 3 aliphatic heterocycles. The van der Waals surface area contributed by atoms with Crippen LogP contribution in [0.15, 0.2) is 200 Å². The minimum atomic E-state index is -1.05. The lowest BCUT2D eigenvalue weighted by molar-refractivity contribution is -0.997. The monoisotopic (exact) mass is 781 g/mol. The zero-order valence-corrected chi connectivity index (χ0v) is 33.8. The fraction of sp³-hybridized carbons (Fsp3) is 0.0526. The number of rotatable bonds is 5. The maximum Gasteiger partial charge on any atom is 0.499 e. The molecule has 0 saturated carbocycles. The number of benzene rings is 8. The third-order valence-corrected chi connectivity index (χ3v) is 13.1. The van der Waals surface area contributed by atoms with Crippen LogP contribution >= 0.6 is 0 Å². The second-order valence-corrected chi connectivity index (χ2v) is 16.6. The molecule has 1 atom stereocenters. The summed E-state index contributed by atoms with van der Waals surface area (Å²) in [6, 6.07) is 70.9. The van der Waals surface area contributed by atoms with Gasteiger partial charge in [0.25, 0.3) is 0 Å². The van der Waals surface area contributed by atoms with E-state index in [-0.39, 0.29) is 0 Å². The molecule has 13 rings (SSSR count). The maximum absolute atomic E-state index is 7.70. The van der Waals surface area contributed by atoms with Crippen molar-refractivity contribution < 1.29 is 13.9 Å². The summed E-state index contributed by atoms with van der Waals surface area (Å²) in [5, 5.41) is 0. The average Bonchev–Trinajstić information content (AvgIpc) is 3.81. The van der Waals surface area contributed by atoms with Crippen molar-refractivity contribution in [2.24, 2.45) is 0 Å². The van der Waals surface area contributed by atoms with Crippen LogP contribution in [0.5, 0.6) is 5.75 Å². The van der Waals surface area contributed by atoms with Crippen LogP contribution in [0.4, 0.5) is 0 Å². The van der Waals surface area contributed by atoms with Crippen molar-refractivity contribution in [2.45, 2.75) is 19.7 Å². The van der Waals surface area contributed by atoms with Crippen LogP contribution in [0.3, 0.4) is 0 Å². The molecule has 1 spiro atoms. The number of hydrogen-bond donors (Lipinski definition) is 0. The van der Waals surface area contributed by atoms with E-state index in [1.165, 1.54) is 72.3 Å². The number of para-hydroxylation sites is 2. The van der Waals surface area contributed by atoms with E-state index >= 15 is 0 Å². The highest BCUT2D eigenvalue weighted by Crippen LogP contribution is 2.54. The summed E-state index contributed by atoms with van der Waals surface area (Å²) in [4.78, 5) is 0. The predicted molar refractivity (Wildman–Crippen MR) is 244 cm³/mol. The molecule has 1 unspecified atom stereocenters. The molecule has 10 aromatic rings. The molecule has 0 radical (unpaired) electrons. The second kappa shape index (κ2) is 12.6. The molecule has 4 nitrogen and oxygen atoms in total. The summed E-state index contributed by atoms with van der Waals surface area (Å²) < 4.78 is 15.1. The lowest BCUT2D eigenvalue weighted by atomic mass is 9.85. The molecule has 61 heavy (non-hydrogen) atoms. The molecule has 0 saturated heterocycles. The Bertz CT molecular complexity index is 3440. The van der Waals surface area contributed by atoms with E-state index in [9.17, 15) is 0 Å². The van der Waals surface area contributed by atoms with Crippen LogP contribution in [-0.2, 0) is 5.85 Å². The Morgan fingerprint density at radius 3 is 1.85 bits per heavy atom. The largest absolute Gasteiger partial charge is 0.499 e. The van der Waals surface area contributed by atoms with Crippen molar-refractivity contribution in [1.29, 1.82) is 0 Å². The Morgan fingerprint density at radius 2 is 1.10 bits per heavy atom. The van der Waals surface area contributed by atoms with Gasteiger partial charge in [0.15, 0.2) is 17.2 Å². The predicted octanol–water partition coefficient (Wildman–Crippen LogP) is 12.7. The Morgan fingerprint density at radius 1 is 0.459 bits per heavy atom. The van der Waals surface area contributed by atoms with Gasteiger partial charge in [-0.2, -0.15) is 4.57 Å². The number of pyridine rings is 1. The highest BCUT2D eigenvalue weighted by molar-refractivity contribution is 6.00. The van der Waals surface area contributed by atoms with E-state index in [0.29, 0.717) is 0 Å². The normalized spacial score (nSPS) is 14.9. The van der Waals surface area contributed by atoms with Gasteiger partial charge in [0.1, 0.15) is 22.6 Å². The van der Waals surface area contributed by atoms with Crippen LogP contribution in [0.25, 0.3) is 95.0 Å². The summed E-state index contributed by atoms with van der Waals surface area (Å²) in [6.45, 7) is 4.38. The fourth-order valence-electron chi connectivity index (χ4n) is 10.4. The molecule has 0 fully saturated rings. The first-order valence-electron chi connectivity index (χ1n) is 21.1. The van der Waals surface area contributed by atoms with Crippen molar-refractivity contribution in [3.05, 3.63) is 217 Å². The number of ether oxygens (including phenoxy) is 1. The Labute approximate surface area is 354 Å². The van der Waals surface area contributed by atoms with Gasteiger partial charge in [0.2, 0.25) is 5.69 Å². The summed E-state index contributed by atoms with van der Waals surface area (Å²) in [7, 11) is 0. The standard InChI is InChI=1S/C57H39N3O/c1-36-25-27-39(28-26-36)42-29-30-58-51(34-42)49-33-43(38-15-6-3-7-16-38)32-48-44-22-14-23-50-55(44)60-56(45-21-12-13-24-53(45)61-57(58,60)54(48)49)59(50)52-35-46(40-17-8-4-9-18-40)37(2)31-47(52)41-19-10-5-11-20-41/h3-35H,1-2H3/q+2. The van der Waals surface area contributed by atoms with Gasteiger partial charge in [-0.1, -0.05) is 139 Å². The van der Waals surface area contributed by atoms with E-state index in [0.717, 1.165) is 45.1 Å². The first kappa shape index (κ1) is 34.1. The molecule has 0 N–H and O–H groups in total. The third-order valence-electron chi connectivity index (χ3n) is 13.1. The van der Waals surface area contributed by atoms with Crippen LogP contribution in [0.2, 0.25) is 0 Å². The van der Waals surface area contributed by atoms with Gasteiger partial charge in [0.05, 0.1) is 5.56 Å². The molecule has 0 amide bonds. The quantitative estimate of drug-likeness (QED) is 0.159. The van der Waals surface area contributed by atoms with Crippen LogP contribution < -0.4 is 13.9 Å². The summed E-state index contributed by atoms with van der Waals surface area (Å²) in [5.41, 5.74) is 22.2. The van der Waals surface area contributed by atoms with Gasteiger partial charge < -0.3 is 4.74 Å². The lowest BCUT2D eigenvalue weighted by Crippen LogP contribution is -2.78. The number of fused-ring (bicyclic) bond motifs is 5. The van der Waals surface area contributed by atoms with Crippen molar-refractivity contribution in [3.8, 4) is 89.7 Å². The van der Waals surface area contributed by atoms with Gasteiger partial charge in [-0.15, -0.1) is 9.13 Å². The zero-order valence-electron chi connectivity index (χ0n) is 33.8. The van der Waals surface area contributed by atoms with Crippen molar-refractivity contribution >= 4 is 11.0 Å². The molecule has 3 aliphatic rings. The summed E-state index contributed by atoms with van der Waals surface area (Å²) in [6.07, 6.45) is 2.26. The molecule has 0 bridgehead atoms.